The van der Waals surface area contributed by atoms with Gasteiger partial charge in [-0.15, -0.1) is 0 Å². The molecule has 2 aromatic carbocycles. The van der Waals surface area contributed by atoms with Gasteiger partial charge in [0.2, 0.25) is 10.0 Å². The number of benzene rings is 2. The Morgan fingerprint density at radius 2 is 1.74 bits per heavy atom. The van der Waals surface area contributed by atoms with Crippen LogP contribution in [-0.4, -0.2) is 62.6 Å². The van der Waals surface area contributed by atoms with Crippen molar-refractivity contribution < 1.29 is 23.3 Å². The molecule has 1 unspecified atom stereocenters. The van der Waals surface area contributed by atoms with E-state index in [0.717, 1.165) is 12.0 Å². The van der Waals surface area contributed by atoms with E-state index in [-0.39, 0.29) is 29.7 Å². The van der Waals surface area contributed by atoms with Crippen molar-refractivity contribution in [3.05, 3.63) is 54.1 Å². The third-order valence-electron chi connectivity index (χ3n) is 4.62. The van der Waals surface area contributed by atoms with Gasteiger partial charge in [0.25, 0.3) is 0 Å². The number of anilines is 1. The minimum Gasteiger partial charge on any atom is -0.560 e. The molecule has 0 aliphatic rings. The molecule has 10 heteroatoms. The Labute approximate surface area is 184 Å². The summed E-state index contributed by atoms with van der Waals surface area (Å²) in [6.45, 7) is 3.83. The Balaban J connectivity index is 2.28. The van der Waals surface area contributed by atoms with E-state index in [1.54, 1.807) is 12.1 Å². The first-order chi connectivity index (χ1) is 14.6. The fourth-order valence-corrected chi connectivity index (χ4v) is 4.69. The van der Waals surface area contributed by atoms with Gasteiger partial charge in [-0.1, -0.05) is 26.0 Å². The summed E-state index contributed by atoms with van der Waals surface area (Å²) in [4.78, 5) is 4.23. The van der Waals surface area contributed by atoms with Crippen LogP contribution in [-0.2, 0) is 21.1 Å². The molecule has 0 saturated heterocycles. The first-order valence-electron chi connectivity index (χ1n) is 9.82. The summed E-state index contributed by atoms with van der Waals surface area (Å²) in [6, 6.07) is 11.7. The average Bonchev–Trinajstić information content (AvgIpc) is 2.72. The molecule has 0 heterocycles. The van der Waals surface area contributed by atoms with E-state index in [1.807, 2.05) is 13.8 Å². The summed E-state index contributed by atoms with van der Waals surface area (Å²) in [7, 11) is 1.17. The molecule has 0 amide bonds. The van der Waals surface area contributed by atoms with E-state index in [2.05, 4.69) is 9.65 Å². The zero-order chi connectivity index (χ0) is 23.0. The number of aliphatic hydroxyl groups excluding tert-OH is 1. The second kappa shape index (κ2) is 11.2. The topological polar surface area (TPSA) is 125 Å². The van der Waals surface area contributed by atoms with Crippen LogP contribution in [0.1, 0.15) is 19.4 Å². The van der Waals surface area contributed by atoms with Gasteiger partial charge in [0, 0.05) is 18.8 Å². The van der Waals surface area contributed by atoms with Crippen LogP contribution >= 0.6 is 0 Å². The number of aromatic hydroxyl groups is 1. The summed E-state index contributed by atoms with van der Waals surface area (Å²) in [5.41, 5.74) is 6.93. The molecule has 166 valence electrons. The number of phenolic OH excluding ortho intramolecular Hbond substituents is 1. The van der Waals surface area contributed by atoms with Crippen LogP contribution in [0.4, 0.5) is 5.69 Å². The van der Waals surface area contributed by atoms with Crippen molar-refractivity contribution in [2.75, 3.05) is 18.8 Å². The SMILES string of the molecule is [B]OC=N[C@@H](Cc1ccc(O)cc1)C(O)CN(CC(C)C)S(=O)(=O)c1ccc(N)cc1. The number of nitrogens with zero attached hydrogens (tertiary/aromatic N) is 2. The molecule has 2 atom stereocenters. The molecule has 2 aromatic rings. The fraction of sp³-hybridized carbons (Fsp3) is 0.381. The van der Waals surface area contributed by atoms with Gasteiger partial charge < -0.3 is 20.6 Å². The van der Waals surface area contributed by atoms with Crippen molar-refractivity contribution in [1.82, 2.24) is 4.31 Å². The molecule has 0 saturated carbocycles. The van der Waals surface area contributed by atoms with Crippen molar-refractivity contribution in [2.45, 2.75) is 37.3 Å². The molecular formula is C21H28BN3O5S. The maximum absolute atomic E-state index is 13.2. The fourth-order valence-electron chi connectivity index (χ4n) is 3.07. The monoisotopic (exact) mass is 445 g/mol. The highest BCUT2D eigenvalue weighted by atomic mass is 32.2. The lowest BCUT2D eigenvalue weighted by Gasteiger charge is -2.28. The first-order valence-corrected chi connectivity index (χ1v) is 11.3. The average molecular weight is 445 g/mol. The molecule has 4 N–H and O–H groups in total. The second-order valence-electron chi connectivity index (χ2n) is 7.68. The number of phenols is 1. The van der Waals surface area contributed by atoms with Crippen LogP contribution in [0, 0.1) is 5.92 Å². The highest BCUT2D eigenvalue weighted by molar-refractivity contribution is 7.89. The molecule has 2 rings (SSSR count). The van der Waals surface area contributed by atoms with Crippen molar-refractivity contribution >= 4 is 30.2 Å². The molecule has 0 bridgehead atoms. The number of hydrogen-bond donors (Lipinski definition) is 3. The predicted octanol–water partition coefficient (Wildman–Crippen LogP) is 1.72. The van der Waals surface area contributed by atoms with Gasteiger partial charge in [0.15, 0.2) is 6.40 Å². The zero-order valence-electron chi connectivity index (χ0n) is 17.6. The van der Waals surface area contributed by atoms with Crippen LogP contribution < -0.4 is 5.73 Å². The van der Waals surface area contributed by atoms with Gasteiger partial charge in [-0.25, -0.2) is 8.42 Å². The van der Waals surface area contributed by atoms with Crippen LogP contribution in [0.2, 0.25) is 0 Å². The lowest BCUT2D eigenvalue weighted by atomic mass is 10.0. The molecule has 0 aliphatic heterocycles. The smallest absolute Gasteiger partial charge is 0.375 e. The Kier molecular flexibility index (Phi) is 8.91. The van der Waals surface area contributed by atoms with Crippen LogP contribution in [0.5, 0.6) is 5.75 Å². The minimum atomic E-state index is -3.86. The highest BCUT2D eigenvalue weighted by Gasteiger charge is 2.30. The van der Waals surface area contributed by atoms with Crippen LogP contribution in [0.15, 0.2) is 58.4 Å². The minimum absolute atomic E-state index is 0.0298. The van der Waals surface area contributed by atoms with Crippen molar-refractivity contribution in [1.29, 1.82) is 0 Å². The van der Waals surface area contributed by atoms with E-state index in [4.69, 9.17) is 13.8 Å². The van der Waals surface area contributed by atoms with Gasteiger partial charge in [-0.05, 0) is 54.3 Å². The van der Waals surface area contributed by atoms with Gasteiger partial charge in [0.1, 0.15) is 5.75 Å². The van der Waals surface area contributed by atoms with Crippen LogP contribution in [0.25, 0.3) is 0 Å². The number of hydrogen-bond acceptors (Lipinski definition) is 7. The van der Waals surface area contributed by atoms with Gasteiger partial charge >= 0.3 is 8.05 Å². The quantitative estimate of drug-likeness (QED) is 0.209. The third-order valence-corrected chi connectivity index (χ3v) is 6.46. The summed E-state index contributed by atoms with van der Waals surface area (Å²) in [5, 5.41) is 20.4. The maximum atomic E-state index is 13.2. The number of sulfonamides is 1. The molecule has 2 radical (unpaired) electrons. The Hall–Kier alpha value is -2.56. The van der Waals surface area contributed by atoms with Crippen LogP contribution in [0.3, 0.4) is 0 Å². The number of aliphatic imine (C=N–C) groups is 1. The first kappa shape index (κ1) is 24.7. The van der Waals surface area contributed by atoms with E-state index in [1.165, 1.54) is 40.7 Å². The molecule has 0 fully saturated rings. The van der Waals surface area contributed by atoms with Crippen molar-refractivity contribution in [3.8, 4) is 5.75 Å². The van der Waals surface area contributed by atoms with Gasteiger partial charge in [-0.3, -0.25) is 4.99 Å². The van der Waals surface area contributed by atoms with E-state index in [0.29, 0.717) is 12.1 Å². The Morgan fingerprint density at radius 3 is 2.29 bits per heavy atom. The lowest BCUT2D eigenvalue weighted by Crippen LogP contribution is -2.44. The Morgan fingerprint density at radius 1 is 1.13 bits per heavy atom. The molecule has 31 heavy (non-hydrogen) atoms. The van der Waals surface area contributed by atoms with Gasteiger partial charge in [-0.2, -0.15) is 4.31 Å². The summed E-state index contributed by atoms with van der Waals surface area (Å²) in [6.07, 6.45) is 0.163. The molecule has 8 nitrogen and oxygen atoms in total. The zero-order valence-corrected chi connectivity index (χ0v) is 18.4. The molecular weight excluding hydrogens is 417 g/mol. The summed E-state index contributed by atoms with van der Waals surface area (Å²) < 4.78 is 32.1. The molecule has 0 aliphatic carbocycles. The van der Waals surface area contributed by atoms with Gasteiger partial charge in [0.05, 0.1) is 17.0 Å². The molecule has 0 aromatic heterocycles. The normalized spacial score (nSPS) is 14.2. The number of nitrogen functional groups attached to an aromatic ring is 1. The Bertz CT molecular complexity index is 950. The summed E-state index contributed by atoms with van der Waals surface area (Å²) >= 11 is 0. The van der Waals surface area contributed by atoms with Crippen molar-refractivity contribution in [2.24, 2.45) is 10.9 Å². The lowest BCUT2D eigenvalue weighted by molar-refractivity contribution is 0.116. The largest absolute Gasteiger partial charge is 0.560 e. The number of rotatable bonds is 11. The number of nitrogens with two attached hydrogens (primary N) is 1. The summed E-state index contributed by atoms with van der Waals surface area (Å²) in [5.74, 6) is 0.148. The maximum Gasteiger partial charge on any atom is 0.375 e. The molecule has 0 spiro atoms. The van der Waals surface area contributed by atoms with Crippen molar-refractivity contribution in [3.63, 3.8) is 0 Å². The number of aliphatic hydroxyl groups is 1. The van der Waals surface area contributed by atoms with E-state index < -0.39 is 22.2 Å². The van der Waals surface area contributed by atoms with E-state index >= 15 is 0 Å². The third kappa shape index (κ3) is 7.27. The standard InChI is InChI=1S/C21H28BN3O5S/c1-15(2)12-25(31(28,29)19-9-5-17(23)6-10-19)13-21(27)20(24-14-30-22)11-16-3-7-18(26)8-4-16/h3-10,14-15,20-21,26-27H,11-13,23H2,1-2H3/t20-,21?/m0/s1. The predicted molar refractivity (Wildman–Crippen MR) is 121 cm³/mol. The highest BCUT2D eigenvalue weighted by Crippen LogP contribution is 2.21. The second-order valence-corrected chi connectivity index (χ2v) is 9.62. The van der Waals surface area contributed by atoms with E-state index in [9.17, 15) is 18.6 Å².